The summed E-state index contributed by atoms with van der Waals surface area (Å²) in [6.07, 6.45) is 2.41. The fraction of sp³-hybridized carbons (Fsp3) is 0.571. The second-order valence-corrected chi connectivity index (χ2v) is 2.45. The topological polar surface area (TPSA) is 37.3 Å². The highest BCUT2D eigenvalue weighted by Crippen LogP contribution is 2.18. The Hall–Kier alpha value is -0.630. The van der Waals surface area contributed by atoms with Crippen molar-refractivity contribution in [2.45, 2.75) is 13.3 Å². The third-order valence-corrected chi connectivity index (χ3v) is 1.52. The Kier molecular flexibility index (Phi) is 1.67. The molecule has 0 bridgehead atoms. The number of aliphatic hydroxyl groups excluding tert-OH is 1. The Morgan fingerprint density at radius 2 is 2.56 bits per heavy atom. The number of allylic oxidation sites excluding steroid dienone is 1. The Bertz CT molecular complexity index is 158. The van der Waals surface area contributed by atoms with Crippen molar-refractivity contribution >= 4 is 5.78 Å². The molecule has 9 heavy (non-hydrogen) atoms. The second-order valence-electron chi connectivity index (χ2n) is 2.45. The van der Waals surface area contributed by atoms with Gasteiger partial charge in [0.05, 0.1) is 6.61 Å². The number of hydrogen-bond acceptors (Lipinski definition) is 2. The van der Waals surface area contributed by atoms with Gasteiger partial charge in [0.25, 0.3) is 0 Å². The molecule has 0 aromatic heterocycles. The zero-order valence-corrected chi connectivity index (χ0v) is 5.42. The molecule has 0 saturated heterocycles. The van der Waals surface area contributed by atoms with Crippen LogP contribution in [-0.2, 0) is 4.79 Å². The van der Waals surface area contributed by atoms with Crippen LogP contribution in [0.15, 0.2) is 11.6 Å². The lowest BCUT2D eigenvalue weighted by Crippen LogP contribution is -1.99. The molecule has 50 valence electrons. The normalized spacial score (nSPS) is 26.7. The lowest BCUT2D eigenvalue weighted by molar-refractivity contribution is -0.115. The number of carbonyl (C=O) groups is 1. The van der Waals surface area contributed by atoms with E-state index in [1.807, 2.05) is 13.0 Å². The van der Waals surface area contributed by atoms with Gasteiger partial charge in [-0.15, -0.1) is 0 Å². The maximum Gasteiger partial charge on any atom is 0.161 e. The third kappa shape index (κ3) is 1.19. The average Bonchev–Trinajstić information content (AvgIpc) is 2.10. The maximum atomic E-state index is 10.8. The van der Waals surface area contributed by atoms with Crippen molar-refractivity contribution in [3.8, 4) is 0 Å². The Balaban J connectivity index is 2.68. The highest BCUT2D eigenvalue weighted by molar-refractivity contribution is 5.98. The monoisotopic (exact) mass is 126 g/mol. The predicted octanol–water partition coefficient (Wildman–Crippen LogP) is 0.514. The van der Waals surface area contributed by atoms with Crippen molar-refractivity contribution < 1.29 is 9.90 Å². The molecule has 2 heteroatoms. The van der Waals surface area contributed by atoms with E-state index >= 15 is 0 Å². The molecular weight excluding hydrogens is 116 g/mol. The first kappa shape index (κ1) is 6.49. The molecule has 0 aromatic carbocycles. The van der Waals surface area contributed by atoms with E-state index in [1.54, 1.807) is 0 Å². The van der Waals surface area contributed by atoms with Crippen LogP contribution in [0.4, 0.5) is 0 Å². The van der Waals surface area contributed by atoms with Crippen molar-refractivity contribution in [1.82, 2.24) is 0 Å². The van der Waals surface area contributed by atoms with Crippen LogP contribution in [0.5, 0.6) is 0 Å². The Morgan fingerprint density at radius 3 is 2.78 bits per heavy atom. The summed E-state index contributed by atoms with van der Waals surface area (Å²) in [5.74, 6) is 0.435. The summed E-state index contributed by atoms with van der Waals surface area (Å²) in [5, 5.41) is 8.57. The lowest BCUT2D eigenvalue weighted by atomic mass is 10.2. The molecule has 1 aliphatic carbocycles. The van der Waals surface area contributed by atoms with E-state index in [0.29, 0.717) is 17.9 Å². The first-order valence-corrected chi connectivity index (χ1v) is 3.09. The van der Waals surface area contributed by atoms with Crippen LogP contribution >= 0.6 is 0 Å². The van der Waals surface area contributed by atoms with Gasteiger partial charge >= 0.3 is 0 Å². The van der Waals surface area contributed by atoms with Crippen LogP contribution < -0.4 is 0 Å². The van der Waals surface area contributed by atoms with Gasteiger partial charge in [0.2, 0.25) is 0 Å². The van der Waals surface area contributed by atoms with Gasteiger partial charge in [-0.25, -0.2) is 0 Å². The zero-order valence-electron chi connectivity index (χ0n) is 5.42. The van der Waals surface area contributed by atoms with Gasteiger partial charge in [-0.2, -0.15) is 0 Å². The molecule has 1 rings (SSSR count). The van der Waals surface area contributed by atoms with Crippen molar-refractivity contribution in [3.63, 3.8) is 0 Å². The third-order valence-electron chi connectivity index (χ3n) is 1.52. The van der Waals surface area contributed by atoms with Crippen LogP contribution in [0, 0.1) is 5.92 Å². The van der Waals surface area contributed by atoms with Gasteiger partial charge in [0.1, 0.15) is 0 Å². The van der Waals surface area contributed by atoms with Crippen LogP contribution in [0.3, 0.4) is 0 Å². The van der Waals surface area contributed by atoms with E-state index in [1.165, 1.54) is 0 Å². The number of hydrogen-bond donors (Lipinski definition) is 1. The minimum atomic E-state index is -0.0941. The Morgan fingerprint density at radius 1 is 1.89 bits per heavy atom. The molecule has 0 aromatic rings. The molecule has 1 unspecified atom stereocenters. The van der Waals surface area contributed by atoms with Crippen LogP contribution in [-0.4, -0.2) is 17.5 Å². The SMILES string of the molecule is CC1C=C(CO)C(=O)C1. The second kappa shape index (κ2) is 2.31. The molecular formula is C7H10O2. The average molecular weight is 126 g/mol. The number of Topliss-reactive ketones (excluding diaryl/α,β-unsaturated/α-hetero) is 1. The van der Waals surface area contributed by atoms with E-state index in [9.17, 15) is 4.79 Å². The zero-order chi connectivity index (χ0) is 6.85. The molecule has 0 saturated carbocycles. The van der Waals surface area contributed by atoms with Crippen molar-refractivity contribution in [2.75, 3.05) is 6.61 Å². The first-order chi connectivity index (χ1) is 4.24. The molecule has 0 spiro atoms. The van der Waals surface area contributed by atoms with E-state index < -0.39 is 0 Å². The van der Waals surface area contributed by atoms with E-state index in [0.717, 1.165) is 0 Å². The van der Waals surface area contributed by atoms with Crippen LogP contribution in [0.1, 0.15) is 13.3 Å². The molecule has 1 N–H and O–H groups in total. The fourth-order valence-corrected chi connectivity index (χ4v) is 1.06. The molecule has 0 radical (unpaired) electrons. The molecule has 0 aliphatic heterocycles. The van der Waals surface area contributed by atoms with Gasteiger partial charge in [-0.05, 0) is 5.92 Å². The molecule has 0 amide bonds. The van der Waals surface area contributed by atoms with Gasteiger partial charge in [-0.3, -0.25) is 4.79 Å². The van der Waals surface area contributed by atoms with E-state index in [-0.39, 0.29) is 12.4 Å². The number of rotatable bonds is 1. The summed E-state index contributed by atoms with van der Waals surface area (Å²) in [4.78, 5) is 10.8. The highest BCUT2D eigenvalue weighted by atomic mass is 16.3. The lowest BCUT2D eigenvalue weighted by Gasteiger charge is -1.89. The minimum Gasteiger partial charge on any atom is -0.392 e. The standard InChI is InChI=1S/C7H10O2/c1-5-2-6(4-8)7(9)3-5/h2,5,8H,3-4H2,1H3. The van der Waals surface area contributed by atoms with Crippen LogP contribution in [0.25, 0.3) is 0 Å². The molecule has 1 atom stereocenters. The molecule has 0 fully saturated rings. The Labute approximate surface area is 54.2 Å². The minimum absolute atomic E-state index is 0.0941. The van der Waals surface area contributed by atoms with Crippen LogP contribution in [0.2, 0.25) is 0 Å². The van der Waals surface area contributed by atoms with E-state index in [4.69, 9.17) is 5.11 Å². The van der Waals surface area contributed by atoms with Gasteiger partial charge < -0.3 is 5.11 Å². The van der Waals surface area contributed by atoms with Gasteiger partial charge in [0.15, 0.2) is 5.78 Å². The summed E-state index contributed by atoms with van der Waals surface area (Å²) in [7, 11) is 0. The van der Waals surface area contributed by atoms with Gasteiger partial charge in [-0.1, -0.05) is 13.0 Å². The fourth-order valence-electron chi connectivity index (χ4n) is 1.06. The summed E-state index contributed by atoms with van der Waals surface area (Å²) >= 11 is 0. The predicted molar refractivity (Wildman–Crippen MR) is 34.0 cm³/mol. The van der Waals surface area contributed by atoms with E-state index in [2.05, 4.69) is 0 Å². The van der Waals surface area contributed by atoms with Crippen molar-refractivity contribution in [1.29, 1.82) is 0 Å². The number of aliphatic hydroxyl groups is 1. The quantitative estimate of drug-likeness (QED) is 0.556. The summed E-state index contributed by atoms with van der Waals surface area (Å²) in [5.41, 5.74) is 0.586. The van der Waals surface area contributed by atoms with Gasteiger partial charge in [0, 0.05) is 12.0 Å². The van der Waals surface area contributed by atoms with Crippen molar-refractivity contribution in [2.24, 2.45) is 5.92 Å². The largest absolute Gasteiger partial charge is 0.392 e. The number of ketones is 1. The smallest absolute Gasteiger partial charge is 0.161 e. The maximum absolute atomic E-state index is 10.8. The summed E-state index contributed by atoms with van der Waals surface area (Å²) < 4.78 is 0. The molecule has 0 heterocycles. The van der Waals surface area contributed by atoms with Crippen molar-refractivity contribution in [3.05, 3.63) is 11.6 Å². The summed E-state index contributed by atoms with van der Waals surface area (Å²) in [6.45, 7) is 1.88. The number of carbonyl (C=O) groups excluding carboxylic acids is 1. The first-order valence-electron chi connectivity index (χ1n) is 3.09. The summed E-state index contributed by atoms with van der Waals surface area (Å²) in [6, 6.07) is 0. The molecule has 2 nitrogen and oxygen atoms in total. The molecule has 1 aliphatic rings. The highest BCUT2D eigenvalue weighted by Gasteiger charge is 2.18.